The van der Waals surface area contributed by atoms with Crippen molar-refractivity contribution in [1.29, 1.82) is 0 Å². The summed E-state index contributed by atoms with van der Waals surface area (Å²) in [7, 11) is -4.66. The van der Waals surface area contributed by atoms with Gasteiger partial charge in [-0.15, -0.1) is 0 Å². The molecule has 0 aliphatic carbocycles. The Balaban J connectivity index is 2.96. The van der Waals surface area contributed by atoms with Crippen molar-refractivity contribution in [3.63, 3.8) is 0 Å². The zero-order valence-electron chi connectivity index (χ0n) is 15.6. The molecule has 4 N–H and O–H groups in total. The highest BCUT2D eigenvalue weighted by Crippen LogP contribution is 2.44. The number of amides is 2. The van der Waals surface area contributed by atoms with Gasteiger partial charge in [0.1, 0.15) is 11.7 Å². The Morgan fingerprint density at radius 1 is 1.07 bits per heavy atom. The van der Waals surface area contributed by atoms with E-state index in [9.17, 15) is 23.9 Å². The molecule has 1 rings (SSSR count). The molecule has 0 heterocycles. The minimum atomic E-state index is -4.66. The first-order valence-corrected chi connectivity index (χ1v) is 10.9. The second kappa shape index (κ2) is 9.89. The molecule has 1 unspecified atom stereocenters. The molecule has 1 aromatic carbocycles. The van der Waals surface area contributed by atoms with E-state index in [1.54, 1.807) is 33.8 Å². The number of carbonyl (C=O) groups is 2. The van der Waals surface area contributed by atoms with E-state index in [4.69, 9.17) is 23.2 Å². The highest BCUT2D eigenvalue weighted by atomic mass is 35.5. The first kappa shape index (κ1) is 23.9. The number of halogens is 2. The van der Waals surface area contributed by atoms with E-state index in [2.05, 4.69) is 10.6 Å². The van der Waals surface area contributed by atoms with Crippen LogP contribution in [0.15, 0.2) is 18.2 Å². The first-order chi connectivity index (χ1) is 12.3. The van der Waals surface area contributed by atoms with E-state index in [1.807, 2.05) is 0 Å². The van der Waals surface area contributed by atoms with Crippen LogP contribution >= 0.6 is 30.8 Å². The summed E-state index contributed by atoms with van der Waals surface area (Å²) < 4.78 is 11.7. The van der Waals surface area contributed by atoms with Crippen molar-refractivity contribution in [1.82, 2.24) is 5.32 Å². The van der Waals surface area contributed by atoms with Crippen LogP contribution < -0.4 is 10.6 Å². The van der Waals surface area contributed by atoms with E-state index >= 15 is 0 Å². The lowest BCUT2D eigenvalue weighted by Gasteiger charge is -2.26. The van der Waals surface area contributed by atoms with Gasteiger partial charge < -0.3 is 20.4 Å². The fourth-order valence-electron chi connectivity index (χ4n) is 2.42. The lowest BCUT2D eigenvalue weighted by molar-refractivity contribution is -0.127. The van der Waals surface area contributed by atoms with Crippen molar-refractivity contribution in [2.75, 3.05) is 5.32 Å². The average molecular weight is 439 g/mol. The van der Waals surface area contributed by atoms with E-state index in [1.165, 1.54) is 12.1 Å². The molecular weight excluding hydrogens is 414 g/mol. The topological polar surface area (TPSA) is 116 Å². The fourth-order valence-corrected chi connectivity index (χ4v) is 3.80. The summed E-state index contributed by atoms with van der Waals surface area (Å²) in [6.45, 7) is 6.95. The maximum absolute atomic E-state index is 12.6. The van der Waals surface area contributed by atoms with Crippen molar-refractivity contribution >= 4 is 48.3 Å². The Morgan fingerprint density at radius 2 is 1.67 bits per heavy atom. The van der Waals surface area contributed by atoms with E-state index in [-0.39, 0.29) is 23.3 Å². The number of nitrogens with one attached hydrogen (secondary N) is 2. The van der Waals surface area contributed by atoms with Crippen molar-refractivity contribution in [2.45, 2.75) is 45.8 Å². The van der Waals surface area contributed by atoms with Crippen LogP contribution in [0.2, 0.25) is 10.0 Å². The minimum absolute atomic E-state index is 0.00926. The number of hydrogen-bond donors (Lipinski definition) is 4. The number of hydrogen-bond acceptors (Lipinski definition) is 3. The van der Waals surface area contributed by atoms with Crippen molar-refractivity contribution < 1.29 is 23.9 Å². The summed E-state index contributed by atoms with van der Waals surface area (Å²) in [4.78, 5) is 44.1. The second-order valence-corrected chi connectivity index (χ2v) is 9.70. The number of carbonyl (C=O) groups excluding carboxylic acids is 2. The lowest BCUT2D eigenvalue weighted by atomic mass is 10.0. The highest BCUT2D eigenvalue weighted by molar-refractivity contribution is 7.53. The molecule has 0 saturated heterocycles. The molecule has 152 valence electrons. The quantitative estimate of drug-likeness (QED) is 0.462. The first-order valence-electron chi connectivity index (χ1n) is 8.44. The molecule has 7 nitrogen and oxygen atoms in total. The normalized spacial score (nSPS) is 14.1. The van der Waals surface area contributed by atoms with Crippen LogP contribution in [0.5, 0.6) is 0 Å². The molecular formula is C17H25Cl2N2O5P. The standard InChI is InChI=1S/C17H25Cl2N2O5P/c1-9(2)7-14(27(24,25)26)16(22)21-15(10(3)4)17(23)20-11-5-6-12(18)13(19)8-11/h5-6,8-10,14-15H,7H2,1-4H3,(H,20,23)(H,21,22)(H2,24,25,26)/t14?,15-/m1/s1. The summed E-state index contributed by atoms with van der Waals surface area (Å²) in [6, 6.07) is 3.57. The summed E-state index contributed by atoms with van der Waals surface area (Å²) in [6.07, 6.45) is 0.00926. The van der Waals surface area contributed by atoms with Gasteiger partial charge in [0, 0.05) is 5.69 Å². The summed E-state index contributed by atoms with van der Waals surface area (Å²) >= 11 is 11.8. The summed E-state index contributed by atoms with van der Waals surface area (Å²) in [5.41, 5.74) is -1.11. The van der Waals surface area contributed by atoms with E-state index in [0.717, 1.165) is 0 Å². The average Bonchev–Trinajstić information content (AvgIpc) is 2.52. The predicted molar refractivity (Wildman–Crippen MR) is 107 cm³/mol. The van der Waals surface area contributed by atoms with Crippen LogP contribution in [0.4, 0.5) is 5.69 Å². The zero-order valence-corrected chi connectivity index (χ0v) is 18.0. The Kier molecular flexibility index (Phi) is 8.77. The lowest BCUT2D eigenvalue weighted by Crippen LogP contribution is -2.50. The van der Waals surface area contributed by atoms with Crippen LogP contribution in [0.3, 0.4) is 0 Å². The summed E-state index contributed by atoms with van der Waals surface area (Å²) in [5.74, 6) is -1.78. The van der Waals surface area contributed by atoms with Gasteiger partial charge in [0.15, 0.2) is 0 Å². The molecule has 0 radical (unpaired) electrons. The molecule has 1 aromatic rings. The van der Waals surface area contributed by atoms with Gasteiger partial charge in [-0.1, -0.05) is 50.9 Å². The third kappa shape index (κ3) is 7.43. The van der Waals surface area contributed by atoms with Crippen molar-refractivity contribution in [2.24, 2.45) is 11.8 Å². The zero-order chi connectivity index (χ0) is 20.9. The van der Waals surface area contributed by atoms with Gasteiger partial charge >= 0.3 is 7.60 Å². The van der Waals surface area contributed by atoms with Crippen LogP contribution in [-0.2, 0) is 14.2 Å². The van der Waals surface area contributed by atoms with Gasteiger partial charge in [-0.3, -0.25) is 14.2 Å². The largest absolute Gasteiger partial charge is 0.343 e. The highest BCUT2D eigenvalue weighted by Gasteiger charge is 2.38. The van der Waals surface area contributed by atoms with Crippen LogP contribution in [0, 0.1) is 11.8 Å². The molecule has 0 saturated carbocycles. The third-order valence-corrected chi connectivity index (χ3v) is 5.83. The molecule has 0 aliphatic rings. The van der Waals surface area contributed by atoms with Crippen LogP contribution in [0.25, 0.3) is 0 Å². The van der Waals surface area contributed by atoms with Crippen molar-refractivity contribution in [3.8, 4) is 0 Å². The fraction of sp³-hybridized carbons (Fsp3) is 0.529. The van der Waals surface area contributed by atoms with Gasteiger partial charge in [0.05, 0.1) is 10.0 Å². The maximum atomic E-state index is 12.6. The number of anilines is 1. The van der Waals surface area contributed by atoms with Gasteiger partial charge in [0.2, 0.25) is 11.8 Å². The smallest absolute Gasteiger partial charge is 0.337 e. The van der Waals surface area contributed by atoms with Gasteiger partial charge in [-0.2, -0.15) is 0 Å². The molecule has 0 aromatic heterocycles. The molecule has 10 heteroatoms. The van der Waals surface area contributed by atoms with Crippen LogP contribution in [0.1, 0.15) is 34.1 Å². The van der Waals surface area contributed by atoms with Crippen LogP contribution in [-0.4, -0.2) is 33.3 Å². The molecule has 2 atom stereocenters. The van der Waals surface area contributed by atoms with Gasteiger partial charge in [0.25, 0.3) is 0 Å². The third-order valence-electron chi connectivity index (χ3n) is 3.84. The second-order valence-electron chi connectivity index (χ2n) is 7.08. The van der Waals surface area contributed by atoms with Gasteiger partial charge in [-0.25, -0.2) is 0 Å². The molecule has 0 spiro atoms. The predicted octanol–water partition coefficient (Wildman–Crippen LogP) is 3.67. The molecule has 27 heavy (non-hydrogen) atoms. The molecule has 0 aliphatic heterocycles. The van der Waals surface area contributed by atoms with E-state index < -0.39 is 31.1 Å². The molecule has 0 bridgehead atoms. The Hall–Kier alpha value is -1.11. The SMILES string of the molecule is CC(C)CC(C(=O)N[C@@H](C(=O)Nc1ccc(Cl)c(Cl)c1)C(C)C)P(=O)(O)O. The van der Waals surface area contributed by atoms with Gasteiger partial charge in [-0.05, 0) is 36.5 Å². The monoisotopic (exact) mass is 438 g/mol. The Labute approximate surface area is 169 Å². The Morgan fingerprint density at radius 3 is 2.11 bits per heavy atom. The van der Waals surface area contributed by atoms with E-state index in [0.29, 0.717) is 10.7 Å². The van der Waals surface area contributed by atoms with Crippen molar-refractivity contribution in [3.05, 3.63) is 28.2 Å². The molecule has 2 amide bonds. The Bertz CT molecular complexity index is 736. The number of benzene rings is 1. The number of rotatable bonds is 8. The summed E-state index contributed by atoms with van der Waals surface area (Å²) in [5, 5.41) is 5.69. The minimum Gasteiger partial charge on any atom is -0.343 e. The maximum Gasteiger partial charge on any atom is 0.337 e. The molecule has 0 fully saturated rings.